The van der Waals surface area contributed by atoms with E-state index in [0.717, 1.165) is 77.0 Å². The van der Waals surface area contributed by atoms with Gasteiger partial charge in [-0.25, -0.2) is 0 Å². The van der Waals surface area contributed by atoms with Gasteiger partial charge in [-0.15, -0.1) is 0 Å². The molecular formula is C92H169NO18. The molecule has 3 saturated heterocycles. The van der Waals surface area contributed by atoms with Gasteiger partial charge in [0.2, 0.25) is 5.91 Å². The summed E-state index contributed by atoms with van der Waals surface area (Å²) in [4.78, 5) is 13.6. The lowest BCUT2D eigenvalue weighted by Crippen LogP contribution is -2.66. The Labute approximate surface area is 675 Å². The van der Waals surface area contributed by atoms with Gasteiger partial charge in [0.15, 0.2) is 18.9 Å². The summed E-state index contributed by atoms with van der Waals surface area (Å²) < 4.78 is 34.6. The molecule has 3 rings (SSSR count). The molecule has 1 amide bonds. The first-order valence-corrected chi connectivity index (χ1v) is 46.0. The lowest BCUT2D eigenvalue weighted by Gasteiger charge is -2.48. The van der Waals surface area contributed by atoms with Crippen LogP contribution >= 0.6 is 0 Å². The number of rotatable bonds is 75. The maximum Gasteiger partial charge on any atom is 0.220 e. The number of allylic oxidation sites excluding steroid dienone is 10. The number of carbonyl (C=O) groups excluding carboxylic acids is 1. The number of unbranched alkanes of at least 4 members (excludes halogenated alkanes) is 49. The molecular weight excluding hydrogens is 1410 g/mol. The first-order valence-electron chi connectivity index (χ1n) is 46.0. The van der Waals surface area contributed by atoms with E-state index < -0.39 is 124 Å². The van der Waals surface area contributed by atoms with Crippen molar-refractivity contribution in [3.05, 3.63) is 60.8 Å². The lowest BCUT2D eigenvalue weighted by atomic mass is 9.96. The lowest BCUT2D eigenvalue weighted by molar-refractivity contribution is -0.379. The number of aliphatic hydroxyl groups excluding tert-OH is 11. The third kappa shape index (κ3) is 50.1. The summed E-state index contributed by atoms with van der Waals surface area (Å²) in [5.41, 5.74) is 0. The summed E-state index contributed by atoms with van der Waals surface area (Å²) >= 11 is 0. The Morgan fingerprint density at radius 2 is 0.622 bits per heavy atom. The molecule has 0 aliphatic carbocycles. The Morgan fingerprint density at radius 3 is 0.973 bits per heavy atom. The molecule has 17 atom stereocenters. The number of ether oxygens (including phenoxy) is 6. The standard InChI is InChI=1S/C92H169NO18/c1-3-5-7-9-11-13-15-17-19-21-23-25-27-29-31-32-33-34-35-36-37-38-39-40-41-42-44-46-48-50-52-54-56-58-60-62-64-66-68-70-80(98)93-75(76(97)69-67-65-63-61-59-57-55-53-51-49-47-45-43-30-28-26-24-22-20-18-16-14-12-10-8-6-4-2)74-106-90-86(104)83(101)88(78(72-95)108-90)111-92-87(105)84(102)89(79(73-96)109-92)110-91-85(103)82(100)81(99)77(71-94)107-91/h5,7,11,13,17,19,23,25,29,31,75-79,81-92,94-97,99-105H,3-4,6,8-10,12,14-16,18,20-22,24,26-28,30,32-74H2,1-2H3,(H,93,98)/b7-5-,13-11-,19-17-,25-23-,31-29-. The number of carbonyl (C=O) groups is 1. The van der Waals surface area contributed by atoms with Crippen LogP contribution in [0.15, 0.2) is 60.8 Å². The van der Waals surface area contributed by atoms with E-state index in [1.807, 2.05) is 0 Å². The molecule has 3 aliphatic heterocycles. The van der Waals surface area contributed by atoms with Crippen LogP contribution in [0.2, 0.25) is 0 Å². The third-order valence-electron chi connectivity index (χ3n) is 22.9. The number of nitrogens with one attached hydrogen (secondary N) is 1. The van der Waals surface area contributed by atoms with Crippen molar-refractivity contribution in [1.29, 1.82) is 0 Å². The smallest absolute Gasteiger partial charge is 0.220 e. The first kappa shape index (κ1) is 103. The predicted molar refractivity (Wildman–Crippen MR) is 448 cm³/mol. The van der Waals surface area contributed by atoms with Crippen molar-refractivity contribution in [2.75, 3.05) is 26.4 Å². The minimum Gasteiger partial charge on any atom is -0.394 e. The van der Waals surface area contributed by atoms with Crippen LogP contribution in [0.3, 0.4) is 0 Å². The molecule has 19 nitrogen and oxygen atoms in total. The van der Waals surface area contributed by atoms with Crippen LogP contribution in [0, 0.1) is 0 Å². The van der Waals surface area contributed by atoms with Gasteiger partial charge >= 0.3 is 0 Å². The molecule has 0 aromatic carbocycles. The largest absolute Gasteiger partial charge is 0.394 e. The Kier molecular flexibility index (Phi) is 66.2. The molecule has 0 spiro atoms. The molecule has 3 aliphatic rings. The molecule has 0 saturated carbocycles. The SMILES string of the molecule is CC/C=C\C/C=C\C/C=C\C/C=C\C/C=C\CCCCCCCCCCCCCCCCCCCCCCCCCC(=O)NC(COC1OC(CO)C(OC2OC(CO)C(OC3OC(CO)C(O)C(O)C3O)C(O)C2O)C(O)C1O)C(O)CCCCCCCCCCCCCCCCCCCCCCCCCCCCC. The normalized spacial score (nSPS) is 25.3. The Balaban J connectivity index is 1.30. The van der Waals surface area contributed by atoms with Crippen LogP contribution in [-0.4, -0.2) is 193 Å². The summed E-state index contributed by atoms with van der Waals surface area (Å²) in [6, 6.07) is -0.889. The maximum absolute atomic E-state index is 13.6. The molecule has 3 fully saturated rings. The van der Waals surface area contributed by atoms with Crippen molar-refractivity contribution in [2.24, 2.45) is 0 Å². The van der Waals surface area contributed by atoms with Gasteiger partial charge in [0, 0.05) is 6.42 Å². The molecule has 17 unspecified atom stereocenters. The number of aliphatic hydroxyl groups is 11. The predicted octanol–water partition coefficient (Wildman–Crippen LogP) is 17.7. The highest BCUT2D eigenvalue weighted by molar-refractivity contribution is 5.76. The number of hydrogen-bond donors (Lipinski definition) is 12. The van der Waals surface area contributed by atoms with E-state index in [9.17, 15) is 61.0 Å². The molecule has 0 aromatic rings. The number of hydrogen-bond acceptors (Lipinski definition) is 18. The van der Waals surface area contributed by atoms with Gasteiger partial charge in [0.05, 0.1) is 38.6 Å². The zero-order valence-electron chi connectivity index (χ0n) is 70.2. The van der Waals surface area contributed by atoms with E-state index in [1.165, 1.54) is 276 Å². The topological polar surface area (TPSA) is 307 Å². The second kappa shape index (κ2) is 71.6. The summed E-state index contributed by atoms with van der Waals surface area (Å²) in [5, 5.41) is 121. The minimum atomic E-state index is -1.97. The van der Waals surface area contributed by atoms with Crippen molar-refractivity contribution in [2.45, 2.75) is 491 Å². The summed E-state index contributed by atoms with van der Waals surface area (Å²) in [7, 11) is 0. The van der Waals surface area contributed by atoms with Crippen molar-refractivity contribution in [3.8, 4) is 0 Å². The van der Waals surface area contributed by atoms with E-state index >= 15 is 0 Å². The van der Waals surface area contributed by atoms with Crippen molar-refractivity contribution >= 4 is 5.91 Å². The fraction of sp³-hybridized carbons (Fsp3) is 0.880. The molecule has 650 valence electrons. The van der Waals surface area contributed by atoms with Gasteiger partial charge in [0.1, 0.15) is 73.2 Å². The van der Waals surface area contributed by atoms with Gasteiger partial charge in [-0.05, 0) is 57.8 Å². The van der Waals surface area contributed by atoms with Gasteiger partial charge in [-0.3, -0.25) is 4.79 Å². The van der Waals surface area contributed by atoms with E-state index in [1.54, 1.807) is 0 Å². The zero-order chi connectivity index (χ0) is 80.3. The Morgan fingerprint density at radius 1 is 0.333 bits per heavy atom. The van der Waals surface area contributed by atoms with Crippen LogP contribution in [-0.2, 0) is 33.2 Å². The van der Waals surface area contributed by atoms with Gasteiger partial charge < -0.3 is 89.9 Å². The van der Waals surface area contributed by atoms with E-state index in [0.29, 0.717) is 12.8 Å². The molecule has 111 heavy (non-hydrogen) atoms. The minimum absolute atomic E-state index is 0.235. The quantitative estimate of drug-likeness (QED) is 0.0199. The average molecular weight is 1580 g/mol. The van der Waals surface area contributed by atoms with Crippen molar-refractivity contribution in [3.63, 3.8) is 0 Å². The fourth-order valence-corrected chi connectivity index (χ4v) is 15.6. The highest BCUT2D eigenvalue weighted by atomic mass is 16.8. The van der Waals surface area contributed by atoms with Gasteiger partial charge in [0.25, 0.3) is 0 Å². The van der Waals surface area contributed by atoms with Gasteiger partial charge in [-0.2, -0.15) is 0 Å². The monoisotopic (exact) mass is 1580 g/mol. The molecule has 0 aromatic heterocycles. The summed E-state index contributed by atoms with van der Waals surface area (Å²) in [5.74, 6) is -0.235. The number of amides is 1. The maximum atomic E-state index is 13.6. The van der Waals surface area contributed by atoms with Crippen LogP contribution < -0.4 is 5.32 Å². The highest BCUT2D eigenvalue weighted by Crippen LogP contribution is 2.34. The fourth-order valence-electron chi connectivity index (χ4n) is 15.6. The second-order valence-electron chi connectivity index (χ2n) is 32.7. The van der Waals surface area contributed by atoms with Crippen molar-refractivity contribution < 1.29 is 89.4 Å². The average Bonchev–Trinajstić information content (AvgIpc) is 0.780. The zero-order valence-corrected chi connectivity index (χ0v) is 70.2. The Bertz CT molecular complexity index is 2230. The van der Waals surface area contributed by atoms with E-state index in [2.05, 4.69) is 79.9 Å². The van der Waals surface area contributed by atoms with E-state index in [-0.39, 0.29) is 18.9 Å². The van der Waals surface area contributed by atoms with E-state index in [4.69, 9.17) is 28.4 Å². The van der Waals surface area contributed by atoms with Crippen LogP contribution in [0.5, 0.6) is 0 Å². The molecule has 0 radical (unpaired) electrons. The molecule has 3 heterocycles. The van der Waals surface area contributed by atoms with Gasteiger partial charge in [-0.1, -0.05) is 383 Å². The van der Waals surface area contributed by atoms with Crippen LogP contribution in [0.1, 0.15) is 386 Å². The molecule has 0 bridgehead atoms. The third-order valence-corrected chi connectivity index (χ3v) is 22.9. The summed E-state index contributed by atoms with van der Waals surface area (Å²) in [6.07, 6.45) is 67.6. The highest BCUT2D eigenvalue weighted by Gasteiger charge is 2.54. The van der Waals surface area contributed by atoms with Crippen molar-refractivity contribution in [1.82, 2.24) is 5.32 Å². The molecule has 19 heteroatoms. The first-order chi connectivity index (χ1) is 54.3. The summed E-state index contributed by atoms with van der Waals surface area (Å²) in [6.45, 7) is 1.75. The van der Waals surface area contributed by atoms with Crippen LogP contribution in [0.4, 0.5) is 0 Å². The van der Waals surface area contributed by atoms with Crippen LogP contribution in [0.25, 0.3) is 0 Å². The second-order valence-corrected chi connectivity index (χ2v) is 32.7. The Hall–Kier alpha value is -2.51. The molecule has 12 N–H and O–H groups in total.